The zero-order valence-electron chi connectivity index (χ0n) is 11.9. The van der Waals surface area contributed by atoms with E-state index in [1.54, 1.807) is 0 Å². The topological polar surface area (TPSA) is 38.7 Å². The molecule has 3 nitrogen and oxygen atoms in total. The zero-order chi connectivity index (χ0) is 14.5. The van der Waals surface area contributed by atoms with Crippen LogP contribution >= 0.6 is 0 Å². The van der Waals surface area contributed by atoms with Gasteiger partial charge in [0.15, 0.2) is 0 Å². The smallest absolute Gasteiger partial charge is 0.127 e. The molecular formula is C18H20O3. The van der Waals surface area contributed by atoms with Crippen LogP contribution in [0.2, 0.25) is 0 Å². The van der Waals surface area contributed by atoms with Crippen molar-refractivity contribution >= 4 is 0 Å². The van der Waals surface area contributed by atoms with Crippen LogP contribution in [0, 0.1) is 5.92 Å². The second-order valence-corrected chi connectivity index (χ2v) is 5.38. The van der Waals surface area contributed by atoms with Crippen molar-refractivity contribution in [1.29, 1.82) is 0 Å². The van der Waals surface area contributed by atoms with E-state index in [0.29, 0.717) is 0 Å². The number of aliphatic hydroxyl groups is 1. The van der Waals surface area contributed by atoms with E-state index in [9.17, 15) is 5.11 Å². The Balaban J connectivity index is 1.73. The lowest BCUT2D eigenvalue weighted by molar-refractivity contribution is 0.00713. The van der Waals surface area contributed by atoms with Gasteiger partial charge in [0.2, 0.25) is 0 Å². The highest BCUT2D eigenvalue weighted by atomic mass is 16.5. The summed E-state index contributed by atoms with van der Waals surface area (Å²) in [7, 11) is 0. The van der Waals surface area contributed by atoms with Crippen molar-refractivity contribution < 1.29 is 14.6 Å². The van der Waals surface area contributed by atoms with Gasteiger partial charge < -0.3 is 14.6 Å². The minimum atomic E-state index is -0.451. The molecule has 3 heteroatoms. The molecule has 1 saturated heterocycles. The molecule has 1 N–H and O–H groups in total. The van der Waals surface area contributed by atoms with Crippen LogP contribution in [0.1, 0.15) is 24.5 Å². The van der Waals surface area contributed by atoms with Crippen LogP contribution < -0.4 is 4.74 Å². The van der Waals surface area contributed by atoms with Crippen molar-refractivity contribution in [3.05, 3.63) is 60.2 Å². The van der Waals surface area contributed by atoms with Gasteiger partial charge in [0.1, 0.15) is 11.5 Å². The molecule has 1 unspecified atom stereocenters. The van der Waals surface area contributed by atoms with E-state index in [2.05, 4.69) is 0 Å². The minimum Gasteiger partial charge on any atom is -0.457 e. The molecule has 0 aliphatic carbocycles. The summed E-state index contributed by atoms with van der Waals surface area (Å²) in [6, 6.07) is 17.4. The fraction of sp³-hybridized carbons (Fsp3) is 0.333. The molecule has 21 heavy (non-hydrogen) atoms. The van der Waals surface area contributed by atoms with Gasteiger partial charge in [0.25, 0.3) is 0 Å². The molecule has 0 aromatic heterocycles. The van der Waals surface area contributed by atoms with E-state index in [0.717, 1.165) is 43.1 Å². The third-order valence-corrected chi connectivity index (χ3v) is 3.89. The molecule has 0 radical (unpaired) electrons. The monoisotopic (exact) mass is 284 g/mol. The summed E-state index contributed by atoms with van der Waals surface area (Å²) in [5.41, 5.74) is 0.912. The maximum atomic E-state index is 10.5. The Morgan fingerprint density at radius 2 is 1.67 bits per heavy atom. The second-order valence-electron chi connectivity index (χ2n) is 5.38. The minimum absolute atomic E-state index is 0.269. The first kappa shape index (κ1) is 14.1. The first-order valence-corrected chi connectivity index (χ1v) is 7.41. The Hall–Kier alpha value is -1.84. The average Bonchev–Trinajstić information content (AvgIpc) is 2.56. The van der Waals surface area contributed by atoms with Crippen molar-refractivity contribution in [3.63, 3.8) is 0 Å². The molecule has 0 saturated carbocycles. The summed E-state index contributed by atoms with van der Waals surface area (Å²) in [6.07, 6.45) is 1.36. The van der Waals surface area contributed by atoms with Gasteiger partial charge >= 0.3 is 0 Å². The van der Waals surface area contributed by atoms with Crippen molar-refractivity contribution in [2.75, 3.05) is 13.2 Å². The molecular weight excluding hydrogens is 264 g/mol. The van der Waals surface area contributed by atoms with E-state index < -0.39 is 6.10 Å². The molecule has 2 aromatic carbocycles. The summed E-state index contributed by atoms with van der Waals surface area (Å²) >= 11 is 0. The molecule has 0 amide bonds. The Morgan fingerprint density at radius 3 is 2.43 bits per heavy atom. The summed E-state index contributed by atoms with van der Waals surface area (Å²) < 4.78 is 11.2. The predicted octanol–water partition coefficient (Wildman–Crippen LogP) is 3.94. The highest BCUT2D eigenvalue weighted by molar-refractivity contribution is 5.34. The summed E-state index contributed by atoms with van der Waals surface area (Å²) in [6.45, 7) is 1.48. The Morgan fingerprint density at radius 1 is 0.952 bits per heavy atom. The second kappa shape index (κ2) is 6.74. The average molecular weight is 284 g/mol. The molecule has 0 bridgehead atoms. The van der Waals surface area contributed by atoms with Gasteiger partial charge in [0.05, 0.1) is 6.10 Å². The first-order valence-electron chi connectivity index (χ1n) is 7.41. The van der Waals surface area contributed by atoms with E-state index in [-0.39, 0.29) is 5.92 Å². The normalized spacial score (nSPS) is 17.4. The Bertz CT molecular complexity index is 562. The van der Waals surface area contributed by atoms with Crippen LogP contribution in [0.5, 0.6) is 11.5 Å². The lowest BCUT2D eigenvalue weighted by atomic mass is 9.89. The number of para-hydroxylation sites is 1. The van der Waals surface area contributed by atoms with E-state index in [4.69, 9.17) is 9.47 Å². The fourth-order valence-corrected chi connectivity index (χ4v) is 2.69. The molecule has 1 heterocycles. The van der Waals surface area contributed by atoms with Crippen molar-refractivity contribution in [2.45, 2.75) is 18.9 Å². The van der Waals surface area contributed by atoms with Crippen molar-refractivity contribution in [1.82, 2.24) is 0 Å². The van der Waals surface area contributed by atoms with Gasteiger partial charge in [-0.2, -0.15) is 0 Å². The third kappa shape index (κ3) is 3.63. The van der Waals surface area contributed by atoms with Crippen molar-refractivity contribution in [2.24, 2.45) is 5.92 Å². The molecule has 110 valence electrons. The highest BCUT2D eigenvalue weighted by Gasteiger charge is 2.23. The van der Waals surface area contributed by atoms with E-state index in [1.807, 2.05) is 54.6 Å². The third-order valence-electron chi connectivity index (χ3n) is 3.89. The standard InChI is InChI=1S/C18H20O3/c19-18(14-9-11-20-12-10-14)15-5-4-8-17(13-15)21-16-6-2-1-3-7-16/h1-8,13-14,18-19H,9-12H2. The quantitative estimate of drug-likeness (QED) is 0.924. The lowest BCUT2D eigenvalue weighted by Gasteiger charge is -2.27. The molecule has 3 rings (SSSR count). The van der Waals surface area contributed by atoms with E-state index in [1.165, 1.54) is 0 Å². The van der Waals surface area contributed by atoms with Gasteiger partial charge in [-0.3, -0.25) is 0 Å². The molecule has 1 atom stereocenters. The molecule has 1 aliphatic rings. The van der Waals surface area contributed by atoms with Gasteiger partial charge in [-0.05, 0) is 48.6 Å². The molecule has 1 fully saturated rings. The van der Waals surface area contributed by atoms with Gasteiger partial charge in [0, 0.05) is 13.2 Å². The Labute approximate surface area is 125 Å². The summed E-state index contributed by atoms with van der Waals surface area (Å²) in [5, 5.41) is 10.5. The molecule has 2 aromatic rings. The number of aliphatic hydroxyl groups excluding tert-OH is 1. The fourth-order valence-electron chi connectivity index (χ4n) is 2.69. The van der Waals surface area contributed by atoms with Crippen LogP contribution in [-0.2, 0) is 4.74 Å². The Kier molecular flexibility index (Phi) is 4.53. The number of rotatable bonds is 4. The van der Waals surface area contributed by atoms with Gasteiger partial charge in [-0.25, -0.2) is 0 Å². The number of benzene rings is 2. The van der Waals surface area contributed by atoms with Crippen molar-refractivity contribution in [3.8, 4) is 11.5 Å². The first-order chi connectivity index (χ1) is 10.3. The zero-order valence-corrected chi connectivity index (χ0v) is 11.9. The van der Waals surface area contributed by atoms with Gasteiger partial charge in [-0.15, -0.1) is 0 Å². The predicted molar refractivity (Wildman–Crippen MR) is 81.5 cm³/mol. The SMILES string of the molecule is OC(c1cccc(Oc2ccccc2)c1)C1CCOCC1. The maximum absolute atomic E-state index is 10.5. The summed E-state index contributed by atoms with van der Waals surface area (Å²) in [4.78, 5) is 0. The van der Waals surface area contributed by atoms with Gasteiger partial charge in [-0.1, -0.05) is 30.3 Å². The summed E-state index contributed by atoms with van der Waals surface area (Å²) in [5.74, 6) is 1.82. The van der Waals surface area contributed by atoms with Crippen LogP contribution in [0.25, 0.3) is 0 Å². The molecule has 1 aliphatic heterocycles. The van der Waals surface area contributed by atoms with Crippen LogP contribution in [0.4, 0.5) is 0 Å². The van der Waals surface area contributed by atoms with E-state index >= 15 is 0 Å². The number of hydrogen-bond acceptors (Lipinski definition) is 3. The maximum Gasteiger partial charge on any atom is 0.127 e. The van der Waals surface area contributed by atoms with Crippen LogP contribution in [-0.4, -0.2) is 18.3 Å². The number of hydrogen-bond donors (Lipinski definition) is 1. The van der Waals surface area contributed by atoms with Crippen LogP contribution in [0.15, 0.2) is 54.6 Å². The highest BCUT2D eigenvalue weighted by Crippen LogP contribution is 2.32. The largest absolute Gasteiger partial charge is 0.457 e. The van der Waals surface area contributed by atoms with Crippen LogP contribution in [0.3, 0.4) is 0 Å². The number of ether oxygens (including phenoxy) is 2. The lowest BCUT2D eigenvalue weighted by Crippen LogP contribution is -2.21. The molecule has 0 spiro atoms.